The van der Waals surface area contributed by atoms with Gasteiger partial charge in [-0.05, 0) is 75.7 Å². The van der Waals surface area contributed by atoms with E-state index in [0.717, 1.165) is 27.3 Å². The molecule has 10 heteroatoms. The van der Waals surface area contributed by atoms with Crippen LogP contribution in [0.4, 0.5) is 5.69 Å². The second kappa shape index (κ2) is 10.4. The summed E-state index contributed by atoms with van der Waals surface area (Å²) in [7, 11) is -4.08. The third-order valence-corrected chi connectivity index (χ3v) is 7.42. The first-order valence-electron chi connectivity index (χ1n) is 11.7. The Kier molecular flexibility index (Phi) is 7.35. The molecule has 3 heterocycles. The highest BCUT2D eigenvalue weighted by Crippen LogP contribution is 2.29. The zero-order valence-corrected chi connectivity index (χ0v) is 21.6. The van der Waals surface area contributed by atoms with E-state index in [1.807, 2.05) is 42.8 Å². The van der Waals surface area contributed by atoms with Crippen molar-refractivity contribution in [2.24, 2.45) is 0 Å². The first-order valence-corrected chi connectivity index (χ1v) is 13.2. The van der Waals surface area contributed by atoms with Crippen LogP contribution >= 0.6 is 0 Å². The van der Waals surface area contributed by atoms with Gasteiger partial charge in [-0.3, -0.25) is 18.7 Å². The van der Waals surface area contributed by atoms with Crippen molar-refractivity contribution in [3.05, 3.63) is 71.8 Å². The van der Waals surface area contributed by atoms with Crippen molar-refractivity contribution in [3.8, 4) is 5.82 Å². The maximum atomic E-state index is 13.8. The van der Waals surface area contributed by atoms with Gasteiger partial charge in [0.05, 0.1) is 28.4 Å². The van der Waals surface area contributed by atoms with Gasteiger partial charge in [-0.25, -0.2) is 8.42 Å². The number of hydrogen-bond donors (Lipinski definition) is 0. The van der Waals surface area contributed by atoms with Crippen LogP contribution in [-0.4, -0.2) is 47.3 Å². The highest BCUT2D eigenvalue weighted by molar-refractivity contribution is 7.92. The van der Waals surface area contributed by atoms with Crippen molar-refractivity contribution in [2.45, 2.75) is 45.4 Å². The van der Waals surface area contributed by atoms with Gasteiger partial charge in [0.2, 0.25) is 0 Å². The smallest absolute Gasteiger partial charge is 0.326 e. The Balaban J connectivity index is 1.76. The van der Waals surface area contributed by atoms with Crippen molar-refractivity contribution in [1.29, 1.82) is 0 Å². The van der Waals surface area contributed by atoms with Crippen LogP contribution in [0.5, 0.6) is 0 Å². The minimum Gasteiger partial charge on any atom is -0.464 e. The van der Waals surface area contributed by atoms with Crippen LogP contribution in [0.15, 0.2) is 59.6 Å². The van der Waals surface area contributed by atoms with Gasteiger partial charge in [0.25, 0.3) is 10.0 Å². The lowest BCUT2D eigenvalue weighted by molar-refractivity contribution is -0.141. The first-order chi connectivity index (χ1) is 17.2. The number of carbonyl (C=O) groups is 1. The minimum absolute atomic E-state index is 0.0708. The number of fused-ring (bicyclic) bond motifs is 1. The van der Waals surface area contributed by atoms with E-state index in [1.54, 1.807) is 32.0 Å². The number of aryl methyl sites for hydroxylation is 3. The molecule has 0 atom stereocenters. The first kappa shape index (κ1) is 25.3. The van der Waals surface area contributed by atoms with E-state index in [1.165, 1.54) is 12.1 Å². The third kappa shape index (κ3) is 5.38. The average Bonchev–Trinajstić information content (AvgIpc) is 3.26. The van der Waals surface area contributed by atoms with Crippen molar-refractivity contribution in [2.75, 3.05) is 17.5 Å². The zero-order valence-electron chi connectivity index (χ0n) is 20.8. The number of esters is 1. The van der Waals surface area contributed by atoms with E-state index in [2.05, 4.69) is 15.2 Å². The highest BCUT2D eigenvalue weighted by Gasteiger charge is 2.29. The lowest BCUT2D eigenvalue weighted by atomic mass is 10.2. The highest BCUT2D eigenvalue weighted by atomic mass is 32.2. The second-order valence-electron chi connectivity index (χ2n) is 8.63. The van der Waals surface area contributed by atoms with Gasteiger partial charge in [0.1, 0.15) is 6.54 Å². The van der Waals surface area contributed by atoms with Gasteiger partial charge < -0.3 is 4.74 Å². The molecule has 3 aromatic heterocycles. The molecule has 0 unspecified atom stereocenters. The molecule has 0 N–H and O–H groups in total. The largest absolute Gasteiger partial charge is 0.464 e. The number of carbonyl (C=O) groups excluding carboxylic acids is 1. The predicted molar refractivity (Wildman–Crippen MR) is 138 cm³/mol. The average molecular weight is 508 g/mol. The summed E-state index contributed by atoms with van der Waals surface area (Å²) >= 11 is 0. The summed E-state index contributed by atoms with van der Waals surface area (Å²) in [6.07, 6.45) is 3.42. The quantitative estimate of drug-likeness (QED) is 0.246. The van der Waals surface area contributed by atoms with Gasteiger partial charge >= 0.3 is 5.97 Å². The Bertz CT molecular complexity index is 1480. The number of nitrogens with zero attached hydrogens (tertiary/aromatic N) is 5. The van der Waals surface area contributed by atoms with E-state index in [0.29, 0.717) is 29.3 Å². The molecule has 0 aliphatic carbocycles. The summed E-state index contributed by atoms with van der Waals surface area (Å²) in [5.41, 5.74) is 3.15. The fourth-order valence-electron chi connectivity index (χ4n) is 3.89. The van der Waals surface area contributed by atoms with Crippen molar-refractivity contribution >= 4 is 32.6 Å². The molecule has 0 bridgehead atoms. The van der Waals surface area contributed by atoms with Gasteiger partial charge in [-0.15, -0.1) is 5.10 Å². The van der Waals surface area contributed by atoms with Crippen LogP contribution in [0.1, 0.15) is 36.8 Å². The van der Waals surface area contributed by atoms with Gasteiger partial charge in [-0.2, -0.15) is 5.10 Å². The van der Waals surface area contributed by atoms with Crippen LogP contribution in [0.3, 0.4) is 0 Å². The molecule has 0 aliphatic heterocycles. The molecule has 9 nitrogen and oxygen atoms in total. The number of rotatable bonds is 9. The predicted octanol–water partition coefficient (Wildman–Crippen LogP) is 4.28. The minimum atomic E-state index is -4.08. The molecule has 0 aliphatic rings. The van der Waals surface area contributed by atoms with E-state index < -0.39 is 22.5 Å². The Labute approximate surface area is 210 Å². The molecule has 0 radical (unpaired) electrons. The lowest BCUT2D eigenvalue weighted by Gasteiger charge is -2.24. The monoisotopic (exact) mass is 507 g/mol. The fraction of sp³-hybridized carbons (Fsp3) is 0.308. The lowest BCUT2D eigenvalue weighted by Crippen LogP contribution is -2.36. The van der Waals surface area contributed by atoms with Crippen molar-refractivity contribution in [3.63, 3.8) is 0 Å². The third-order valence-electron chi connectivity index (χ3n) is 5.67. The SMILES string of the molecule is CCCCOC(=O)CN(c1ccc2c(ccn2-c2ccc(C)nn2)c1)S(=O)(=O)c1cc(C)nc(C)c1. The van der Waals surface area contributed by atoms with Crippen LogP contribution < -0.4 is 4.31 Å². The van der Waals surface area contributed by atoms with Gasteiger partial charge in [0.15, 0.2) is 5.82 Å². The number of hydrogen-bond acceptors (Lipinski definition) is 7. The summed E-state index contributed by atoms with van der Waals surface area (Å²) < 4.78 is 35.8. The Hall–Kier alpha value is -3.79. The molecule has 36 heavy (non-hydrogen) atoms. The normalized spacial score (nSPS) is 11.6. The van der Waals surface area contributed by atoms with Crippen LogP contribution in [-0.2, 0) is 19.6 Å². The van der Waals surface area contributed by atoms with Gasteiger partial charge in [0, 0.05) is 23.0 Å². The Morgan fingerprint density at radius 1 is 0.972 bits per heavy atom. The summed E-state index contributed by atoms with van der Waals surface area (Å²) in [4.78, 5) is 17.0. The summed E-state index contributed by atoms with van der Waals surface area (Å²) in [6, 6.07) is 13.8. The number of benzene rings is 1. The summed E-state index contributed by atoms with van der Waals surface area (Å²) in [5, 5.41) is 9.14. The molecular formula is C26H29N5O4S. The zero-order chi connectivity index (χ0) is 25.9. The van der Waals surface area contributed by atoms with Crippen LogP contribution in [0.25, 0.3) is 16.7 Å². The number of aromatic nitrogens is 4. The molecule has 4 rings (SSSR count). The molecular weight excluding hydrogens is 478 g/mol. The molecule has 1 aromatic carbocycles. The Morgan fingerprint density at radius 3 is 2.39 bits per heavy atom. The number of pyridine rings is 1. The van der Waals surface area contributed by atoms with Gasteiger partial charge in [-0.1, -0.05) is 13.3 Å². The van der Waals surface area contributed by atoms with E-state index >= 15 is 0 Å². The second-order valence-corrected chi connectivity index (χ2v) is 10.5. The van der Waals surface area contributed by atoms with Crippen LogP contribution in [0, 0.1) is 20.8 Å². The Morgan fingerprint density at radius 2 is 1.72 bits per heavy atom. The van der Waals surface area contributed by atoms with Crippen molar-refractivity contribution < 1.29 is 17.9 Å². The summed E-state index contributed by atoms with van der Waals surface area (Å²) in [6.45, 7) is 7.13. The van der Waals surface area contributed by atoms with Crippen LogP contribution in [0.2, 0.25) is 0 Å². The van der Waals surface area contributed by atoms with E-state index in [9.17, 15) is 13.2 Å². The molecule has 0 saturated heterocycles. The topological polar surface area (TPSA) is 107 Å². The molecule has 4 aromatic rings. The molecule has 0 fully saturated rings. The number of ether oxygens (including phenoxy) is 1. The number of anilines is 1. The number of sulfonamides is 1. The standard InChI is InChI=1S/C26H29N5O4S/c1-5-6-13-35-26(32)17-31(36(33,34)23-14-19(3)27-20(4)15-23)22-8-9-24-21(16-22)11-12-30(24)25-10-7-18(2)28-29-25/h7-12,14-16H,5-6,13,17H2,1-4H3. The molecule has 0 amide bonds. The molecule has 0 spiro atoms. The number of unbranched alkanes of at least 4 members (excludes halogenated alkanes) is 1. The van der Waals surface area contributed by atoms with E-state index in [-0.39, 0.29) is 11.5 Å². The maximum Gasteiger partial charge on any atom is 0.326 e. The molecule has 0 saturated carbocycles. The van der Waals surface area contributed by atoms with E-state index in [4.69, 9.17) is 4.74 Å². The summed E-state index contributed by atoms with van der Waals surface area (Å²) in [5.74, 6) is 0.0391. The molecule has 188 valence electrons. The van der Waals surface area contributed by atoms with Crippen molar-refractivity contribution in [1.82, 2.24) is 19.7 Å². The maximum absolute atomic E-state index is 13.8. The fourth-order valence-corrected chi connectivity index (χ4v) is 5.45.